The number of ether oxygens (including phenoxy) is 1. The summed E-state index contributed by atoms with van der Waals surface area (Å²) in [5.74, 6) is -0.387. The predicted molar refractivity (Wildman–Crippen MR) is 184 cm³/mol. The van der Waals surface area contributed by atoms with Gasteiger partial charge in [0.15, 0.2) is 0 Å². The van der Waals surface area contributed by atoms with E-state index in [1.165, 1.54) is 11.3 Å². The summed E-state index contributed by atoms with van der Waals surface area (Å²) in [6.45, 7) is 18.1. The number of urea groups is 1. The van der Waals surface area contributed by atoms with E-state index in [9.17, 15) is 14.4 Å². The van der Waals surface area contributed by atoms with Gasteiger partial charge in [-0.3, -0.25) is 24.8 Å². The third-order valence-electron chi connectivity index (χ3n) is 8.99. The number of carbonyl (C=O) groups excluding carboxylic acids is 3. The number of thiophene rings is 1. The first kappa shape index (κ1) is 33.6. The van der Waals surface area contributed by atoms with E-state index in [-0.39, 0.29) is 23.3 Å². The third kappa shape index (κ3) is 6.96. The van der Waals surface area contributed by atoms with E-state index in [1.54, 1.807) is 30.7 Å². The van der Waals surface area contributed by atoms with Crippen LogP contribution in [0.25, 0.3) is 11.1 Å². The van der Waals surface area contributed by atoms with Gasteiger partial charge in [-0.05, 0) is 68.5 Å². The number of carbonyl (C=O) groups is 3. The zero-order chi connectivity index (χ0) is 33.4. The Bertz CT molecular complexity index is 1600. The monoisotopic (exact) mass is 646 g/mol. The van der Waals surface area contributed by atoms with Crippen molar-refractivity contribution < 1.29 is 19.1 Å². The largest absolute Gasteiger partial charge is 0.379 e. The average Bonchev–Trinajstić information content (AvgIpc) is 3.45. The fourth-order valence-electron chi connectivity index (χ4n) is 5.97. The lowest BCUT2D eigenvalue weighted by atomic mass is 9.93. The highest BCUT2D eigenvalue weighted by atomic mass is 32.1. The first-order chi connectivity index (χ1) is 21.7. The molecule has 0 spiro atoms. The van der Waals surface area contributed by atoms with E-state index in [0.29, 0.717) is 29.3 Å². The molecule has 2 N–H and O–H groups in total. The SMILES string of the molecule is Cc1ccc(NC(=O)Nc2sc(C(C)(C)C)cc2C(=O)N2CCN(C)C(=O)C2(C)C)cc1-c1ccc(C(C)N2CCOCC2)nc1. The Hall–Kier alpha value is -3.80. The molecule has 3 aromatic rings. The molecule has 2 fully saturated rings. The second-order valence-corrected chi connectivity index (χ2v) is 14.8. The van der Waals surface area contributed by atoms with Crippen molar-refractivity contribution in [1.82, 2.24) is 19.7 Å². The van der Waals surface area contributed by atoms with E-state index in [1.807, 2.05) is 37.4 Å². The van der Waals surface area contributed by atoms with Crippen molar-refractivity contribution in [1.29, 1.82) is 0 Å². The lowest BCUT2D eigenvalue weighted by molar-refractivity contribution is -0.144. The van der Waals surface area contributed by atoms with Crippen molar-refractivity contribution in [2.45, 2.75) is 65.5 Å². The van der Waals surface area contributed by atoms with Gasteiger partial charge in [-0.1, -0.05) is 32.9 Å². The van der Waals surface area contributed by atoms with Gasteiger partial charge in [0.05, 0.1) is 24.5 Å². The number of hydrogen-bond acceptors (Lipinski definition) is 7. The molecule has 4 amide bonds. The van der Waals surface area contributed by atoms with Crippen LogP contribution in [0.2, 0.25) is 0 Å². The first-order valence-electron chi connectivity index (χ1n) is 15.9. The Morgan fingerprint density at radius 1 is 1.02 bits per heavy atom. The number of pyridine rings is 1. The molecule has 1 unspecified atom stereocenters. The van der Waals surface area contributed by atoms with Crippen molar-refractivity contribution in [3.05, 3.63) is 64.3 Å². The van der Waals surface area contributed by atoms with Crippen molar-refractivity contribution >= 4 is 39.9 Å². The summed E-state index contributed by atoms with van der Waals surface area (Å²) in [4.78, 5) is 51.6. The minimum Gasteiger partial charge on any atom is -0.379 e. The molecule has 2 aromatic heterocycles. The van der Waals surface area contributed by atoms with Crippen LogP contribution in [-0.4, -0.2) is 89.5 Å². The van der Waals surface area contributed by atoms with Crippen molar-refractivity contribution in [3.63, 3.8) is 0 Å². The highest BCUT2D eigenvalue weighted by molar-refractivity contribution is 7.16. The summed E-state index contributed by atoms with van der Waals surface area (Å²) in [5, 5.41) is 6.35. The number of piperazine rings is 1. The maximum atomic E-state index is 13.9. The van der Waals surface area contributed by atoms with Crippen LogP contribution >= 0.6 is 11.3 Å². The Morgan fingerprint density at radius 3 is 2.39 bits per heavy atom. The van der Waals surface area contributed by atoms with Gasteiger partial charge in [-0.25, -0.2) is 4.79 Å². The number of nitrogens with zero attached hydrogens (tertiary/aromatic N) is 4. The number of rotatable bonds is 6. The van der Waals surface area contributed by atoms with Crippen LogP contribution in [0.1, 0.15) is 74.1 Å². The van der Waals surface area contributed by atoms with E-state index >= 15 is 0 Å². The first-order valence-corrected chi connectivity index (χ1v) is 16.7. The summed E-state index contributed by atoms with van der Waals surface area (Å²) in [5.41, 5.74) is 3.78. The van der Waals surface area contributed by atoms with Crippen molar-refractivity contribution in [2.24, 2.45) is 0 Å². The maximum absolute atomic E-state index is 13.9. The summed E-state index contributed by atoms with van der Waals surface area (Å²) in [6, 6.07) is 11.5. The van der Waals surface area contributed by atoms with E-state index in [2.05, 4.69) is 55.4 Å². The Morgan fingerprint density at radius 2 is 1.74 bits per heavy atom. The minimum absolute atomic E-state index is 0.114. The van der Waals surface area contributed by atoms with Gasteiger partial charge in [0.25, 0.3) is 5.91 Å². The summed E-state index contributed by atoms with van der Waals surface area (Å²) in [7, 11) is 1.75. The van der Waals surface area contributed by atoms with Gasteiger partial charge in [0, 0.05) is 61.6 Å². The number of benzene rings is 1. The molecule has 1 aromatic carbocycles. The Labute approximate surface area is 276 Å². The molecular formula is C35H46N6O4S. The molecule has 2 aliphatic heterocycles. The van der Waals surface area contributed by atoms with Crippen molar-refractivity contribution in [3.8, 4) is 11.1 Å². The number of likely N-dealkylation sites (N-methyl/N-ethyl adjacent to an activating group) is 1. The molecule has 4 heterocycles. The molecule has 0 radical (unpaired) electrons. The van der Waals surface area contributed by atoms with Crippen LogP contribution in [0.15, 0.2) is 42.6 Å². The van der Waals surface area contributed by atoms with Gasteiger partial charge in [0.2, 0.25) is 5.91 Å². The van der Waals surface area contributed by atoms with Crippen LogP contribution in [0.3, 0.4) is 0 Å². The lowest BCUT2D eigenvalue weighted by Gasteiger charge is -2.44. The highest BCUT2D eigenvalue weighted by Gasteiger charge is 2.44. The molecule has 0 aliphatic carbocycles. The standard InChI is InChI=1S/C35H46N6O4S/c1-22-9-11-25(19-26(22)24-10-12-28(36-21-24)23(2)40-15-17-45-18-16-40)37-33(44)38-30-27(20-29(46-30)34(3,4)5)31(42)41-14-13-39(8)32(43)35(41,6)7/h9-12,19-21,23H,13-18H2,1-8H3,(H2,37,38,44). The van der Waals surface area contributed by atoms with E-state index in [0.717, 1.165) is 53.6 Å². The van der Waals surface area contributed by atoms with Crippen LogP contribution in [0.5, 0.6) is 0 Å². The minimum atomic E-state index is -1.00. The number of amides is 4. The maximum Gasteiger partial charge on any atom is 0.324 e. The van der Waals surface area contributed by atoms with E-state index < -0.39 is 11.6 Å². The number of hydrogen-bond donors (Lipinski definition) is 2. The Kier molecular flexibility index (Phi) is 9.58. The highest BCUT2D eigenvalue weighted by Crippen LogP contribution is 2.38. The number of nitrogens with one attached hydrogen (secondary N) is 2. The lowest BCUT2D eigenvalue weighted by Crippen LogP contribution is -2.63. The van der Waals surface area contributed by atoms with Gasteiger partial charge < -0.3 is 19.9 Å². The summed E-state index contributed by atoms with van der Waals surface area (Å²) in [6.07, 6.45) is 1.89. The van der Waals surface area contributed by atoms with Crippen molar-refractivity contribution in [2.75, 3.05) is 57.1 Å². The molecule has 46 heavy (non-hydrogen) atoms. The molecular weight excluding hydrogens is 600 g/mol. The third-order valence-corrected chi connectivity index (χ3v) is 10.5. The molecule has 0 bridgehead atoms. The topological polar surface area (TPSA) is 107 Å². The molecule has 2 saturated heterocycles. The molecule has 10 nitrogen and oxygen atoms in total. The summed E-state index contributed by atoms with van der Waals surface area (Å²) >= 11 is 1.38. The molecule has 11 heteroatoms. The van der Waals surface area contributed by atoms with Crippen LogP contribution < -0.4 is 10.6 Å². The van der Waals surface area contributed by atoms with Crippen LogP contribution in [-0.2, 0) is 14.9 Å². The zero-order valence-electron chi connectivity index (χ0n) is 28.2. The second-order valence-electron chi connectivity index (χ2n) is 13.8. The smallest absolute Gasteiger partial charge is 0.324 e. The molecule has 1 atom stereocenters. The number of aromatic nitrogens is 1. The fraction of sp³-hybridized carbons (Fsp3) is 0.486. The van der Waals surface area contributed by atoms with Gasteiger partial charge in [-0.15, -0.1) is 11.3 Å². The van der Waals surface area contributed by atoms with Crippen LogP contribution in [0, 0.1) is 6.92 Å². The quantitative estimate of drug-likeness (QED) is 0.333. The fourth-order valence-corrected chi connectivity index (χ4v) is 7.07. The molecule has 246 valence electrons. The normalized spacial score (nSPS) is 18.0. The molecule has 0 saturated carbocycles. The zero-order valence-corrected chi connectivity index (χ0v) is 29.0. The number of aryl methyl sites for hydroxylation is 1. The number of morpholine rings is 1. The average molecular weight is 647 g/mol. The van der Waals surface area contributed by atoms with Crippen LogP contribution in [0.4, 0.5) is 15.5 Å². The van der Waals surface area contributed by atoms with Gasteiger partial charge in [-0.2, -0.15) is 0 Å². The summed E-state index contributed by atoms with van der Waals surface area (Å²) < 4.78 is 5.49. The Balaban J connectivity index is 1.34. The second kappa shape index (κ2) is 13.1. The van der Waals surface area contributed by atoms with Gasteiger partial charge >= 0.3 is 6.03 Å². The van der Waals surface area contributed by atoms with E-state index in [4.69, 9.17) is 9.72 Å². The van der Waals surface area contributed by atoms with Gasteiger partial charge in [0.1, 0.15) is 10.5 Å². The molecule has 5 rings (SSSR count). The predicted octanol–water partition coefficient (Wildman–Crippen LogP) is 6.15. The molecule has 2 aliphatic rings. The number of anilines is 2.